The van der Waals surface area contributed by atoms with Crippen LogP contribution in [0.3, 0.4) is 0 Å². The first-order valence-corrected chi connectivity index (χ1v) is 13.0. The molecule has 0 heterocycles. The van der Waals surface area contributed by atoms with E-state index in [-0.39, 0.29) is 6.42 Å². The summed E-state index contributed by atoms with van der Waals surface area (Å²) in [6.07, 6.45) is 12.6. The van der Waals surface area contributed by atoms with Crippen molar-refractivity contribution in [2.24, 2.45) is 0 Å². The molecule has 0 aliphatic carbocycles. The van der Waals surface area contributed by atoms with Crippen LogP contribution in [0.25, 0.3) is 0 Å². The molecule has 3 nitrogen and oxygen atoms in total. The maximum atomic E-state index is 13.3. The van der Waals surface area contributed by atoms with Gasteiger partial charge >= 0.3 is 17.6 Å². The molecule has 0 unspecified atom stereocenters. The van der Waals surface area contributed by atoms with Gasteiger partial charge in [-0.1, -0.05) is 103 Å². The Balaban J connectivity index is 3.66. The third-order valence-electron chi connectivity index (χ3n) is 5.32. The molecular weight excluding hydrogens is 444 g/mol. The number of hydrogen-bond acceptors (Lipinski definition) is 2. The Morgan fingerprint density at radius 2 is 0.968 bits per heavy atom. The molecule has 0 aromatic rings. The molecule has 10 heteroatoms. The van der Waals surface area contributed by atoms with Gasteiger partial charge in [0, 0.05) is 6.54 Å². The highest BCUT2D eigenvalue weighted by molar-refractivity contribution is 7.90. The number of rotatable bonds is 21. The number of nitrogens with one attached hydrogen (secondary N) is 1. The van der Waals surface area contributed by atoms with Gasteiger partial charge in [0.25, 0.3) is 10.0 Å². The summed E-state index contributed by atoms with van der Waals surface area (Å²) in [5.41, 5.74) is 0. The minimum absolute atomic E-state index is 0.174. The summed E-state index contributed by atoms with van der Waals surface area (Å²) in [5, 5.41) is -5.87. The van der Waals surface area contributed by atoms with Crippen molar-refractivity contribution in [1.82, 2.24) is 4.72 Å². The van der Waals surface area contributed by atoms with Crippen LogP contribution in [0.5, 0.6) is 0 Å². The number of alkyl halides is 6. The van der Waals surface area contributed by atoms with Crippen LogP contribution in [0.1, 0.15) is 110 Å². The van der Waals surface area contributed by atoms with Gasteiger partial charge in [-0.3, -0.25) is 0 Å². The molecule has 0 saturated carbocycles. The molecule has 31 heavy (non-hydrogen) atoms. The van der Waals surface area contributed by atoms with E-state index in [1.54, 1.807) is 0 Å². The lowest BCUT2D eigenvalue weighted by molar-refractivity contribution is -0.225. The van der Waals surface area contributed by atoms with E-state index in [4.69, 9.17) is 0 Å². The number of hydrogen-bond donors (Lipinski definition) is 1. The van der Waals surface area contributed by atoms with Crippen molar-refractivity contribution in [3.8, 4) is 0 Å². The first-order valence-electron chi connectivity index (χ1n) is 11.5. The molecule has 0 bridgehead atoms. The quantitative estimate of drug-likeness (QED) is 0.135. The smallest absolute Gasteiger partial charge is 0.210 e. The van der Waals surface area contributed by atoms with Gasteiger partial charge in [-0.25, -0.2) is 21.9 Å². The molecule has 0 rings (SSSR count). The summed E-state index contributed by atoms with van der Waals surface area (Å²) < 4.78 is 100. The van der Waals surface area contributed by atoms with Crippen LogP contribution in [-0.2, 0) is 10.0 Å². The van der Waals surface area contributed by atoms with Crippen LogP contribution in [0.15, 0.2) is 0 Å². The zero-order valence-electron chi connectivity index (χ0n) is 18.6. The van der Waals surface area contributed by atoms with E-state index in [0.717, 1.165) is 25.7 Å². The van der Waals surface area contributed by atoms with E-state index in [0.29, 0.717) is 6.42 Å². The Morgan fingerprint density at radius 3 is 1.29 bits per heavy atom. The summed E-state index contributed by atoms with van der Waals surface area (Å²) in [6.45, 7) is 1.72. The van der Waals surface area contributed by atoms with Gasteiger partial charge in [0.2, 0.25) is 0 Å². The molecule has 0 aliphatic heterocycles. The van der Waals surface area contributed by atoms with Gasteiger partial charge < -0.3 is 0 Å². The van der Waals surface area contributed by atoms with E-state index in [9.17, 15) is 34.8 Å². The molecular formula is C21H39F6NO2S. The van der Waals surface area contributed by atoms with Crippen LogP contribution in [0.2, 0.25) is 0 Å². The molecule has 0 amide bonds. The van der Waals surface area contributed by atoms with Crippen molar-refractivity contribution in [2.45, 2.75) is 127 Å². The van der Waals surface area contributed by atoms with Crippen molar-refractivity contribution in [2.75, 3.05) is 6.54 Å². The van der Waals surface area contributed by atoms with Crippen molar-refractivity contribution < 1.29 is 34.8 Å². The first kappa shape index (κ1) is 30.5. The molecule has 0 aliphatic rings. The fourth-order valence-corrected chi connectivity index (χ4v) is 4.32. The van der Waals surface area contributed by atoms with Gasteiger partial charge in [-0.2, -0.15) is 17.6 Å². The molecule has 0 radical (unpaired) electrons. The average molecular weight is 484 g/mol. The molecule has 0 aromatic carbocycles. The van der Waals surface area contributed by atoms with Crippen molar-refractivity contribution >= 4 is 10.0 Å². The lowest BCUT2D eigenvalue weighted by atomic mass is 10.0. The largest absolute Gasteiger partial charge is 0.426 e. The number of unbranched alkanes of at least 4 members (excludes halogenated alkanes) is 15. The Bertz CT molecular complexity index is 544. The molecule has 0 saturated heterocycles. The Kier molecular flexibility index (Phi) is 15.9. The second kappa shape index (κ2) is 16.2. The minimum Gasteiger partial charge on any atom is -0.210 e. The summed E-state index contributed by atoms with van der Waals surface area (Å²) in [7, 11) is -5.90. The van der Waals surface area contributed by atoms with Crippen molar-refractivity contribution in [1.29, 1.82) is 0 Å². The zero-order chi connectivity index (χ0) is 23.8. The van der Waals surface area contributed by atoms with Crippen LogP contribution < -0.4 is 4.72 Å². The lowest BCUT2D eigenvalue weighted by Crippen LogP contribution is -2.55. The van der Waals surface area contributed by atoms with E-state index >= 15 is 0 Å². The maximum Gasteiger partial charge on any atom is 0.426 e. The topological polar surface area (TPSA) is 46.2 Å². The van der Waals surface area contributed by atoms with Crippen molar-refractivity contribution in [3.63, 3.8) is 0 Å². The zero-order valence-corrected chi connectivity index (χ0v) is 19.4. The SMILES string of the molecule is CCCCCCCCCCCCCCCCCCNS(=O)(=O)C(F)(F)C(F)(F)C(F)F. The lowest BCUT2D eigenvalue weighted by Gasteiger charge is -2.25. The summed E-state index contributed by atoms with van der Waals surface area (Å²) in [6, 6.07) is 0. The van der Waals surface area contributed by atoms with E-state index < -0.39 is 34.2 Å². The number of sulfonamides is 1. The second-order valence-corrected chi connectivity index (χ2v) is 9.95. The Morgan fingerprint density at radius 1 is 0.645 bits per heavy atom. The van der Waals surface area contributed by atoms with E-state index in [2.05, 4.69) is 6.92 Å². The fourth-order valence-electron chi connectivity index (χ4n) is 3.28. The van der Waals surface area contributed by atoms with Gasteiger partial charge in [-0.05, 0) is 6.42 Å². The highest BCUT2D eigenvalue weighted by Gasteiger charge is 2.70. The molecule has 0 spiro atoms. The van der Waals surface area contributed by atoms with Crippen LogP contribution in [0, 0.1) is 0 Å². The van der Waals surface area contributed by atoms with Gasteiger partial charge in [-0.15, -0.1) is 0 Å². The third kappa shape index (κ3) is 11.8. The highest BCUT2D eigenvalue weighted by Crippen LogP contribution is 2.42. The molecule has 0 aromatic heterocycles. The predicted molar refractivity (Wildman–Crippen MR) is 112 cm³/mol. The van der Waals surface area contributed by atoms with Gasteiger partial charge in [0.05, 0.1) is 0 Å². The summed E-state index contributed by atoms with van der Waals surface area (Å²) >= 11 is 0. The average Bonchev–Trinajstić information content (AvgIpc) is 2.69. The first-order chi connectivity index (χ1) is 14.5. The van der Waals surface area contributed by atoms with Crippen LogP contribution >= 0.6 is 0 Å². The Labute approximate surface area is 183 Å². The Hall–Kier alpha value is -0.510. The summed E-state index contributed by atoms with van der Waals surface area (Å²) in [4.78, 5) is 0. The van der Waals surface area contributed by atoms with Gasteiger partial charge in [0.1, 0.15) is 0 Å². The van der Waals surface area contributed by atoms with Crippen molar-refractivity contribution in [3.05, 3.63) is 0 Å². The van der Waals surface area contributed by atoms with E-state index in [1.807, 2.05) is 0 Å². The van der Waals surface area contributed by atoms with Gasteiger partial charge in [0.15, 0.2) is 0 Å². The molecule has 188 valence electrons. The maximum absolute atomic E-state index is 13.3. The number of halogens is 6. The predicted octanol–water partition coefficient (Wildman–Crippen LogP) is 7.66. The summed E-state index contributed by atoms with van der Waals surface area (Å²) in [5.74, 6) is -5.95. The monoisotopic (exact) mass is 483 g/mol. The second-order valence-electron chi connectivity index (χ2n) is 8.14. The molecule has 0 fully saturated rings. The standard InChI is InChI=1S/C21H39F6NO2S/c1-2-3-4-5-6-7-8-9-10-11-12-13-14-15-16-17-18-28-31(29,30)21(26,27)20(24,25)19(22)23/h19,28H,2-18H2,1H3. The third-order valence-corrected chi connectivity index (χ3v) is 6.85. The minimum atomic E-state index is -5.95. The van der Waals surface area contributed by atoms with E-state index in [1.165, 1.54) is 68.9 Å². The fraction of sp³-hybridized carbons (Fsp3) is 1.00. The van der Waals surface area contributed by atoms with Crippen LogP contribution in [0.4, 0.5) is 26.3 Å². The van der Waals surface area contributed by atoms with Crippen LogP contribution in [-0.4, -0.2) is 32.6 Å². The normalized spacial score (nSPS) is 13.3. The molecule has 0 atom stereocenters. The highest BCUT2D eigenvalue weighted by atomic mass is 32.2. The molecule has 1 N–H and O–H groups in total.